The van der Waals surface area contributed by atoms with Crippen molar-refractivity contribution in [1.82, 2.24) is 5.32 Å². The van der Waals surface area contributed by atoms with E-state index in [1.807, 2.05) is 0 Å². The Bertz CT molecular complexity index is 232. The van der Waals surface area contributed by atoms with E-state index in [0.29, 0.717) is 5.92 Å². The van der Waals surface area contributed by atoms with Gasteiger partial charge in [0.25, 0.3) is 0 Å². The van der Waals surface area contributed by atoms with Gasteiger partial charge in [0, 0.05) is 6.04 Å². The number of rotatable bonds is 7. The first-order chi connectivity index (χ1) is 8.47. The van der Waals surface area contributed by atoms with Crippen LogP contribution in [-0.2, 0) is 4.74 Å². The van der Waals surface area contributed by atoms with Crippen LogP contribution in [-0.4, -0.2) is 38.7 Å². The first kappa shape index (κ1) is 15.7. The molecule has 1 atom stereocenters. The van der Waals surface area contributed by atoms with Gasteiger partial charge in [-0.2, -0.15) is 8.78 Å². The molecular weight excluding hydrogens is 250 g/mol. The van der Waals surface area contributed by atoms with Crippen molar-refractivity contribution in [3.8, 4) is 0 Å². The fourth-order valence-corrected chi connectivity index (χ4v) is 2.38. The highest BCUT2D eigenvalue weighted by atomic mass is 19.3. The summed E-state index contributed by atoms with van der Waals surface area (Å²) in [6.07, 6.45) is 1.89. The van der Waals surface area contributed by atoms with Crippen LogP contribution in [0.2, 0.25) is 0 Å². The Morgan fingerprint density at radius 2 is 1.83 bits per heavy atom. The van der Waals surface area contributed by atoms with E-state index >= 15 is 0 Å². The Balaban J connectivity index is 2.31. The molecule has 108 valence electrons. The fourth-order valence-electron chi connectivity index (χ4n) is 2.38. The lowest BCUT2D eigenvalue weighted by molar-refractivity contribution is -0.167. The number of nitrogens with one attached hydrogen (secondary N) is 1. The van der Waals surface area contributed by atoms with E-state index in [-0.39, 0.29) is 12.6 Å². The summed E-state index contributed by atoms with van der Waals surface area (Å²) in [4.78, 5) is 0. The van der Waals surface area contributed by atoms with Crippen molar-refractivity contribution in [2.75, 3.05) is 20.3 Å². The second-order valence-electron chi connectivity index (χ2n) is 4.87. The summed E-state index contributed by atoms with van der Waals surface area (Å²) in [7, 11) is 1.74. The lowest BCUT2D eigenvalue weighted by Gasteiger charge is -2.30. The highest BCUT2D eigenvalue weighted by molar-refractivity contribution is 4.78. The smallest absolute Gasteiger partial charge is 0.330 e. The molecule has 0 amide bonds. The van der Waals surface area contributed by atoms with E-state index in [1.165, 1.54) is 6.42 Å². The van der Waals surface area contributed by atoms with Crippen LogP contribution in [0.1, 0.15) is 32.1 Å². The summed E-state index contributed by atoms with van der Waals surface area (Å²) in [5.41, 5.74) is 0. The summed E-state index contributed by atoms with van der Waals surface area (Å²) in [6.45, 7) is -1.15. The molecule has 0 aliphatic heterocycles. The van der Waals surface area contributed by atoms with Gasteiger partial charge in [0.2, 0.25) is 0 Å². The molecule has 0 heterocycles. The van der Waals surface area contributed by atoms with Crippen LogP contribution in [0.5, 0.6) is 0 Å². The maximum atomic E-state index is 12.6. The Labute approximate surface area is 105 Å². The van der Waals surface area contributed by atoms with Crippen molar-refractivity contribution in [2.24, 2.45) is 5.92 Å². The molecule has 0 radical (unpaired) electrons. The van der Waals surface area contributed by atoms with Gasteiger partial charge in [0.1, 0.15) is 6.61 Å². The van der Waals surface area contributed by atoms with Gasteiger partial charge in [-0.3, -0.25) is 0 Å². The van der Waals surface area contributed by atoms with Gasteiger partial charge in [0.05, 0.1) is 6.61 Å². The molecule has 1 rings (SSSR count). The highest BCUT2D eigenvalue weighted by Crippen LogP contribution is 2.27. The molecule has 1 aliphatic rings. The minimum atomic E-state index is -4.05. The van der Waals surface area contributed by atoms with Crippen molar-refractivity contribution in [3.05, 3.63) is 0 Å². The monoisotopic (exact) mass is 271 g/mol. The van der Waals surface area contributed by atoms with Crippen LogP contribution in [0.25, 0.3) is 0 Å². The van der Waals surface area contributed by atoms with E-state index in [9.17, 15) is 17.6 Å². The van der Waals surface area contributed by atoms with E-state index < -0.39 is 19.0 Å². The zero-order valence-corrected chi connectivity index (χ0v) is 10.6. The maximum absolute atomic E-state index is 12.6. The molecule has 0 aromatic carbocycles. The third kappa shape index (κ3) is 4.72. The molecule has 0 aromatic rings. The number of alkyl halides is 4. The SMILES string of the molecule is CNC(COCC(F)(F)C(F)F)C1CCCCC1. The minimum absolute atomic E-state index is 0.0289. The van der Waals surface area contributed by atoms with Crippen LogP contribution in [0, 0.1) is 5.92 Å². The molecule has 0 bridgehead atoms. The van der Waals surface area contributed by atoms with Crippen LogP contribution in [0.4, 0.5) is 17.6 Å². The molecule has 0 saturated heterocycles. The average Bonchev–Trinajstić information content (AvgIpc) is 2.35. The lowest BCUT2D eigenvalue weighted by Crippen LogP contribution is -2.41. The Kier molecular flexibility index (Phi) is 6.35. The van der Waals surface area contributed by atoms with Gasteiger partial charge in [-0.1, -0.05) is 19.3 Å². The average molecular weight is 271 g/mol. The third-order valence-electron chi connectivity index (χ3n) is 3.50. The minimum Gasteiger partial charge on any atom is -0.373 e. The van der Waals surface area contributed by atoms with Crippen molar-refractivity contribution < 1.29 is 22.3 Å². The quantitative estimate of drug-likeness (QED) is 0.718. The van der Waals surface area contributed by atoms with Gasteiger partial charge in [-0.05, 0) is 25.8 Å². The molecule has 1 fully saturated rings. The maximum Gasteiger partial charge on any atom is 0.330 e. The first-order valence-electron chi connectivity index (χ1n) is 6.38. The van der Waals surface area contributed by atoms with E-state index in [1.54, 1.807) is 7.05 Å². The van der Waals surface area contributed by atoms with E-state index in [0.717, 1.165) is 25.7 Å². The van der Waals surface area contributed by atoms with Gasteiger partial charge >= 0.3 is 12.3 Å². The molecule has 2 nitrogen and oxygen atoms in total. The van der Waals surface area contributed by atoms with E-state index in [2.05, 4.69) is 5.32 Å². The van der Waals surface area contributed by atoms with E-state index in [4.69, 9.17) is 4.74 Å². The zero-order chi connectivity index (χ0) is 13.6. The van der Waals surface area contributed by atoms with Crippen LogP contribution in [0.3, 0.4) is 0 Å². The summed E-state index contributed by atoms with van der Waals surface area (Å²) in [6, 6.07) is -0.0289. The van der Waals surface area contributed by atoms with Gasteiger partial charge < -0.3 is 10.1 Å². The standard InChI is InChI=1S/C12H21F4NO/c1-17-10(9-5-3-2-4-6-9)7-18-8-12(15,16)11(13)14/h9-11,17H,2-8H2,1H3. The van der Waals surface area contributed by atoms with Crippen molar-refractivity contribution in [3.63, 3.8) is 0 Å². The van der Waals surface area contributed by atoms with Crippen LogP contribution >= 0.6 is 0 Å². The second kappa shape index (κ2) is 7.28. The number of hydrogen-bond acceptors (Lipinski definition) is 2. The molecule has 18 heavy (non-hydrogen) atoms. The van der Waals surface area contributed by atoms with Gasteiger partial charge in [-0.15, -0.1) is 0 Å². The number of ether oxygens (including phenoxy) is 1. The Morgan fingerprint density at radius 1 is 1.22 bits per heavy atom. The number of hydrogen-bond donors (Lipinski definition) is 1. The first-order valence-corrected chi connectivity index (χ1v) is 6.38. The number of halogens is 4. The lowest BCUT2D eigenvalue weighted by atomic mass is 9.84. The van der Waals surface area contributed by atoms with Crippen LogP contribution < -0.4 is 5.32 Å². The number of likely N-dealkylation sites (N-methyl/N-ethyl adjacent to an activating group) is 1. The molecule has 6 heteroatoms. The second-order valence-corrected chi connectivity index (χ2v) is 4.87. The molecule has 1 unspecified atom stereocenters. The summed E-state index contributed by atoms with van der Waals surface area (Å²) < 4.78 is 53.9. The largest absolute Gasteiger partial charge is 0.373 e. The van der Waals surface area contributed by atoms with Gasteiger partial charge in [0.15, 0.2) is 0 Å². The van der Waals surface area contributed by atoms with Crippen molar-refractivity contribution >= 4 is 0 Å². The fraction of sp³-hybridized carbons (Fsp3) is 1.00. The molecule has 1 aliphatic carbocycles. The van der Waals surface area contributed by atoms with Crippen molar-refractivity contribution in [1.29, 1.82) is 0 Å². The van der Waals surface area contributed by atoms with Crippen LogP contribution in [0.15, 0.2) is 0 Å². The summed E-state index contributed by atoms with van der Waals surface area (Å²) >= 11 is 0. The molecule has 0 spiro atoms. The highest BCUT2D eigenvalue weighted by Gasteiger charge is 2.41. The Hall–Kier alpha value is -0.360. The third-order valence-corrected chi connectivity index (χ3v) is 3.50. The molecular formula is C12H21F4NO. The predicted molar refractivity (Wildman–Crippen MR) is 61.2 cm³/mol. The van der Waals surface area contributed by atoms with Crippen molar-refractivity contribution in [2.45, 2.75) is 50.5 Å². The Morgan fingerprint density at radius 3 is 2.33 bits per heavy atom. The van der Waals surface area contributed by atoms with Gasteiger partial charge in [-0.25, -0.2) is 8.78 Å². The molecule has 1 saturated carbocycles. The normalized spacial score (nSPS) is 20.3. The summed E-state index contributed by atoms with van der Waals surface area (Å²) in [5.74, 6) is -3.66. The molecule has 0 aromatic heterocycles. The molecule has 1 N–H and O–H groups in total. The zero-order valence-electron chi connectivity index (χ0n) is 10.6. The predicted octanol–water partition coefficient (Wildman–Crippen LogP) is 3.07. The summed E-state index contributed by atoms with van der Waals surface area (Å²) in [5, 5.41) is 3.03. The topological polar surface area (TPSA) is 21.3 Å².